The summed E-state index contributed by atoms with van der Waals surface area (Å²) in [6.45, 7) is 1.60. The molecule has 0 saturated heterocycles. The van der Waals surface area contributed by atoms with Crippen LogP contribution in [0.25, 0.3) is 10.8 Å². The molecule has 4 aromatic carbocycles. The van der Waals surface area contributed by atoms with Gasteiger partial charge in [-0.1, -0.05) is 12.1 Å². The molecule has 4 rings (SSSR count). The number of nitrogens with two attached hydrogens (primary N) is 1. The molecule has 0 atom stereocenters. The second-order valence-electron chi connectivity index (χ2n) is 9.07. The molecule has 0 bridgehead atoms. The van der Waals surface area contributed by atoms with Crippen LogP contribution in [0.15, 0.2) is 86.3 Å². The molecule has 15 nitrogen and oxygen atoms in total. The van der Waals surface area contributed by atoms with Gasteiger partial charge < -0.3 is 11.1 Å². The molecular formula is C24H21N3O12S4. The first-order valence-corrected chi connectivity index (χ1v) is 17.3. The Kier molecular flexibility index (Phi) is 8.04. The van der Waals surface area contributed by atoms with E-state index in [4.69, 9.17) is 5.73 Å². The third-order valence-electron chi connectivity index (χ3n) is 5.93. The second-order valence-corrected chi connectivity index (χ2v) is 14.9. The molecule has 1 amide bonds. The topological polar surface area (TPSA) is 264 Å². The van der Waals surface area contributed by atoms with E-state index in [2.05, 4.69) is 5.32 Å². The van der Waals surface area contributed by atoms with Crippen LogP contribution in [0.4, 0.5) is 17.1 Å². The van der Waals surface area contributed by atoms with Gasteiger partial charge in [-0.05, 0) is 67.1 Å². The minimum Gasteiger partial charge on any atom is -0.399 e. The number of rotatable bonds is 8. The van der Waals surface area contributed by atoms with Gasteiger partial charge in [0, 0.05) is 22.0 Å². The SMILES string of the molecule is Cc1ccc(S(=O)(=O)Nc2ccc(S(=O)(=O)O)c3cc(S(=O)(=O)O)cc(S(=O)(=O)O)c23)c(NC(=O)c2cccc(N)c2)c1. The Balaban J connectivity index is 1.95. The summed E-state index contributed by atoms with van der Waals surface area (Å²) in [6.07, 6.45) is 0. The molecule has 43 heavy (non-hydrogen) atoms. The summed E-state index contributed by atoms with van der Waals surface area (Å²) >= 11 is 0. The average molecular weight is 672 g/mol. The maximum Gasteiger partial charge on any atom is 0.295 e. The fraction of sp³-hybridized carbons (Fsp3) is 0.0417. The third kappa shape index (κ3) is 6.77. The lowest BCUT2D eigenvalue weighted by atomic mass is 10.1. The lowest BCUT2D eigenvalue weighted by molar-refractivity contribution is 0.102. The molecule has 0 radical (unpaired) electrons. The number of sulfonamides is 1. The Morgan fingerprint density at radius 1 is 0.698 bits per heavy atom. The molecule has 0 unspecified atom stereocenters. The predicted molar refractivity (Wildman–Crippen MR) is 154 cm³/mol. The zero-order chi connectivity index (χ0) is 32.1. The largest absolute Gasteiger partial charge is 0.399 e. The first kappa shape index (κ1) is 31.8. The maximum absolute atomic E-state index is 13.6. The summed E-state index contributed by atoms with van der Waals surface area (Å²) in [6, 6.07) is 11.7. The number of nitrogens with one attached hydrogen (secondary N) is 2. The molecule has 7 N–H and O–H groups in total. The van der Waals surface area contributed by atoms with Crippen LogP contribution in [0, 0.1) is 6.92 Å². The number of benzene rings is 4. The maximum atomic E-state index is 13.6. The van der Waals surface area contributed by atoms with Gasteiger partial charge in [-0.3, -0.25) is 23.2 Å². The minimum absolute atomic E-state index is 0.0945. The molecule has 0 aliphatic heterocycles. The molecular weight excluding hydrogens is 651 g/mol. The number of anilines is 3. The Morgan fingerprint density at radius 2 is 1.33 bits per heavy atom. The monoisotopic (exact) mass is 671 g/mol. The van der Waals surface area contributed by atoms with Crippen molar-refractivity contribution in [3.8, 4) is 0 Å². The highest BCUT2D eigenvalue weighted by molar-refractivity contribution is 7.93. The molecule has 0 aliphatic carbocycles. The number of hydrogen-bond acceptors (Lipinski definition) is 10. The van der Waals surface area contributed by atoms with Crippen molar-refractivity contribution in [2.45, 2.75) is 26.5 Å². The molecule has 4 aromatic rings. The predicted octanol–water partition coefficient (Wildman–Crippen LogP) is 2.52. The normalized spacial score (nSPS) is 12.7. The van der Waals surface area contributed by atoms with E-state index in [1.807, 2.05) is 4.72 Å². The summed E-state index contributed by atoms with van der Waals surface area (Å²) in [5.41, 5.74) is 5.68. The Hall–Kier alpha value is -4.11. The summed E-state index contributed by atoms with van der Waals surface area (Å²) < 4.78 is 131. The number of hydrogen-bond donors (Lipinski definition) is 6. The number of carbonyl (C=O) groups excluding carboxylic acids is 1. The Bertz CT molecular complexity index is 2270. The van der Waals surface area contributed by atoms with Gasteiger partial charge in [-0.2, -0.15) is 25.3 Å². The van der Waals surface area contributed by atoms with Crippen LogP contribution in [0.5, 0.6) is 0 Å². The van der Waals surface area contributed by atoms with Crippen molar-refractivity contribution in [2.24, 2.45) is 0 Å². The Morgan fingerprint density at radius 3 is 1.91 bits per heavy atom. The van der Waals surface area contributed by atoms with E-state index < -0.39 is 82.3 Å². The molecule has 0 heterocycles. The van der Waals surface area contributed by atoms with E-state index in [-0.39, 0.29) is 23.0 Å². The van der Waals surface area contributed by atoms with Gasteiger partial charge in [-0.25, -0.2) is 8.42 Å². The van der Waals surface area contributed by atoms with Gasteiger partial charge in [0.05, 0.1) is 16.3 Å². The van der Waals surface area contributed by atoms with Crippen LogP contribution in [0.2, 0.25) is 0 Å². The standard InChI is InChI=1S/C24H21N3O12S4/c1-13-5-7-21(19(9-13)26-24(28)14-3-2-4-15(25)10-14)40(29,30)27-18-6-8-20(42(34,35)36)17-11-16(41(31,32)33)12-22(23(17)18)43(37,38)39/h2-12,27H,25H2,1H3,(H,26,28)(H,31,32,33)(H,34,35,36)(H,37,38,39). The highest BCUT2D eigenvalue weighted by atomic mass is 32.2. The molecule has 228 valence electrons. The first-order valence-electron chi connectivity index (χ1n) is 11.5. The van der Waals surface area contributed by atoms with Crippen molar-refractivity contribution in [1.29, 1.82) is 0 Å². The highest BCUT2D eigenvalue weighted by Crippen LogP contribution is 2.38. The summed E-state index contributed by atoms with van der Waals surface area (Å²) in [5.74, 6) is -0.733. The van der Waals surface area contributed by atoms with E-state index in [9.17, 15) is 52.1 Å². The van der Waals surface area contributed by atoms with Crippen LogP contribution in [0.3, 0.4) is 0 Å². The third-order valence-corrected chi connectivity index (χ3v) is 9.98. The van der Waals surface area contributed by atoms with E-state index >= 15 is 0 Å². The van der Waals surface area contributed by atoms with Crippen LogP contribution in [-0.2, 0) is 40.4 Å². The quantitative estimate of drug-likeness (QED) is 0.116. The zero-order valence-corrected chi connectivity index (χ0v) is 24.8. The van der Waals surface area contributed by atoms with E-state index in [1.54, 1.807) is 6.92 Å². The van der Waals surface area contributed by atoms with Crippen molar-refractivity contribution in [2.75, 3.05) is 15.8 Å². The summed E-state index contributed by atoms with van der Waals surface area (Å²) in [5, 5.41) is 0.702. The van der Waals surface area contributed by atoms with Crippen molar-refractivity contribution < 1.29 is 52.1 Å². The summed E-state index contributed by atoms with van der Waals surface area (Å²) in [4.78, 5) is 8.74. The van der Waals surface area contributed by atoms with Crippen LogP contribution < -0.4 is 15.8 Å². The fourth-order valence-corrected chi connectivity index (χ4v) is 7.36. The van der Waals surface area contributed by atoms with Crippen LogP contribution >= 0.6 is 0 Å². The fourth-order valence-electron chi connectivity index (χ4n) is 4.11. The van der Waals surface area contributed by atoms with Gasteiger partial charge in [0.25, 0.3) is 46.3 Å². The molecule has 0 spiro atoms. The van der Waals surface area contributed by atoms with Crippen LogP contribution in [0.1, 0.15) is 15.9 Å². The highest BCUT2D eigenvalue weighted by Gasteiger charge is 2.29. The van der Waals surface area contributed by atoms with E-state index in [0.717, 1.165) is 12.1 Å². The van der Waals surface area contributed by atoms with Gasteiger partial charge in [0.2, 0.25) is 0 Å². The van der Waals surface area contributed by atoms with Crippen molar-refractivity contribution >= 4 is 74.1 Å². The number of carbonyl (C=O) groups is 1. The molecule has 19 heteroatoms. The summed E-state index contributed by atoms with van der Waals surface area (Å²) in [7, 11) is -20.6. The Labute approximate surface area is 245 Å². The average Bonchev–Trinajstić information content (AvgIpc) is 2.86. The number of amides is 1. The van der Waals surface area contributed by atoms with Crippen molar-refractivity contribution in [1.82, 2.24) is 0 Å². The number of fused-ring (bicyclic) bond motifs is 1. The van der Waals surface area contributed by atoms with Gasteiger partial charge in [0.1, 0.15) is 14.7 Å². The van der Waals surface area contributed by atoms with Gasteiger partial charge >= 0.3 is 0 Å². The lowest BCUT2D eigenvalue weighted by Gasteiger charge is -2.17. The van der Waals surface area contributed by atoms with E-state index in [1.165, 1.54) is 36.4 Å². The molecule has 0 aliphatic rings. The van der Waals surface area contributed by atoms with Gasteiger partial charge in [-0.15, -0.1) is 0 Å². The minimum atomic E-state index is -5.44. The second kappa shape index (κ2) is 10.9. The van der Waals surface area contributed by atoms with Gasteiger partial charge in [0.15, 0.2) is 0 Å². The van der Waals surface area contributed by atoms with E-state index in [0.29, 0.717) is 17.7 Å². The smallest absolute Gasteiger partial charge is 0.295 e. The number of aryl methyl sites for hydroxylation is 1. The zero-order valence-electron chi connectivity index (χ0n) is 21.6. The molecule has 0 aromatic heterocycles. The molecule has 0 saturated carbocycles. The molecule has 0 fully saturated rings. The lowest BCUT2D eigenvalue weighted by Crippen LogP contribution is -2.19. The van der Waals surface area contributed by atoms with Crippen LogP contribution in [-0.4, -0.2) is 53.2 Å². The first-order chi connectivity index (χ1) is 19.7. The number of nitrogen functional groups attached to an aromatic ring is 1. The van der Waals surface area contributed by atoms with Crippen molar-refractivity contribution in [3.05, 3.63) is 77.9 Å². The van der Waals surface area contributed by atoms with Crippen molar-refractivity contribution in [3.63, 3.8) is 0 Å².